The molecule has 0 bridgehead atoms. The van der Waals surface area contributed by atoms with Crippen molar-refractivity contribution in [2.75, 3.05) is 0 Å². The van der Waals surface area contributed by atoms with E-state index in [2.05, 4.69) is 42.9 Å². The zero-order chi connectivity index (χ0) is 20.9. The molecule has 1 atom stereocenters. The molecule has 0 spiro atoms. The Morgan fingerprint density at radius 3 is 2.33 bits per heavy atom. The van der Waals surface area contributed by atoms with Crippen LogP contribution in [0.4, 0.5) is 0 Å². The molecule has 0 saturated heterocycles. The maximum atomic E-state index is 12.3. The highest BCUT2D eigenvalue weighted by Gasteiger charge is 2.33. The van der Waals surface area contributed by atoms with Gasteiger partial charge in [0.05, 0.1) is 0 Å². The second-order valence-corrected chi connectivity index (χ2v) is 6.05. The van der Waals surface area contributed by atoms with Crippen molar-refractivity contribution < 1.29 is 14.8 Å². The fourth-order valence-corrected chi connectivity index (χ4v) is 1.95. The van der Waals surface area contributed by atoms with E-state index in [1.807, 2.05) is 0 Å². The molecular formula is C20H25N3O3S. The number of thiol groups is 1. The molecule has 0 unspecified atom stereocenters. The summed E-state index contributed by atoms with van der Waals surface area (Å²) in [7, 11) is 0. The highest BCUT2D eigenvalue weighted by Crippen LogP contribution is 2.09. The molecule has 0 aromatic heterocycles. The molecule has 7 heteroatoms. The Hall–Kier alpha value is -2.79. The minimum Gasteiger partial charge on any atom is -0.338 e. The zero-order valence-electron chi connectivity index (χ0n) is 15.4. The van der Waals surface area contributed by atoms with Crippen LogP contribution in [0.5, 0.6) is 0 Å². The van der Waals surface area contributed by atoms with Gasteiger partial charge in [0.2, 0.25) is 0 Å². The molecule has 6 nitrogen and oxygen atoms in total. The number of carbonyl (C=O) groups excluding carboxylic acids is 2. The van der Waals surface area contributed by atoms with Gasteiger partial charge in [-0.3, -0.25) is 14.8 Å². The standard InChI is InChI=1S/C18H21N3O3S.C2H4/c1-18(2,19)15(17(23)21-24)20-16(22)14-10-8-13(9-11-14)7-5-3-4-6-12-25;1-2/h3-4,6,8-12,15,24-25H,19H2,1-2H3,(H,20,22)(H,21,23);1-2H2/b4-3+,12-6-;/t15-;/m1./s1. The van der Waals surface area contributed by atoms with Gasteiger partial charge in [-0.15, -0.1) is 13.2 Å². The van der Waals surface area contributed by atoms with E-state index in [1.165, 1.54) is 5.48 Å². The van der Waals surface area contributed by atoms with Crippen LogP contribution in [-0.4, -0.2) is 28.6 Å². The summed E-state index contributed by atoms with van der Waals surface area (Å²) in [6.45, 7) is 9.14. The van der Waals surface area contributed by atoms with Crippen LogP contribution in [0.15, 0.2) is 61.1 Å². The van der Waals surface area contributed by atoms with Crippen molar-refractivity contribution >= 4 is 24.4 Å². The lowest BCUT2D eigenvalue weighted by molar-refractivity contribution is -0.132. The van der Waals surface area contributed by atoms with E-state index in [-0.39, 0.29) is 0 Å². The molecule has 1 aromatic rings. The van der Waals surface area contributed by atoms with E-state index in [4.69, 9.17) is 10.9 Å². The molecule has 0 fully saturated rings. The van der Waals surface area contributed by atoms with Crippen molar-refractivity contribution in [3.63, 3.8) is 0 Å². The third-order valence-electron chi connectivity index (χ3n) is 3.13. The number of nitrogens with two attached hydrogens (primary N) is 1. The summed E-state index contributed by atoms with van der Waals surface area (Å²) >= 11 is 3.92. The molecular weight excluding hydrogens is 362 g/mol. The van der Waals surface area contributed by atoms with Gasteiger partial charge in [-0.05, 0) is 49.6 Å². The first-order valence-corrected chi connectivity index (χ1v) is 8.42. The first-order chi connectivity index (χ1) is 12.8. The van der Waals surface area contributed by atoms with Crippen molar-refractivity contribution in [2.24, 2.45) is 5.73 Å². The van der Waals surface area contributed by atoms with Crippen LogP contribution in [0.3, 0.4) is 0 Å². The summed E-state index contributed by atoms with van der Waals surface area (Å²) in [6.07, 6.45) is 5.17. The van der Waals surface area contributed by atoms with Gasteiger partial charge in [0.25, 0.3) is 11.8 Å². The van der Waals surface area contributed by atoms with Crippen LogP contribution in [-0.2, 0) is 4.79 Å². The van der Waals surface area contributed by atoms with Gasteiger partial charge in [-0.25, -0.2) is 5.48 Å². The van der Waals surface area contributed by atoms with E-state index in [1.54, 1.807) is 61.7 Å². The van der Waals surface area contributed by atoms with Crippen LogP contribution in [0.1, 0.15) is 29.8 Å². The third-order valence-corrected chi connectivity index (χ3v) is 3.30. The van der Waals surface area contributed by atoms with E-state index in [0.717, 1.165) is 5.56 Å². The van der Waals surface area contributed by atoms with Crippen LogP contribution >= 0.6 is 12.6 Å². The van der Waals surface area contributed by atoms with Gasteiger partial charge in [0.15, 0.2) is 0 Å². The predicted molar refractivity (Wildman–Crippen MR) is 111 cm³/mol. The molecule has 5 N–H and O–H groups in total. The Kier molecular flexibility index (Phi) is 11.2. The van der Waals surface area contributed by atoms with Gasteiger partial charge in [-0.2, -0.15) is 12.6 Å². The van der Waals surface area contributed by atoms with Crippen LogP contribution in [0.2, 0.25) is 0 Å². The van der Waals surface area contributed by atoms with Crippen molar-refractivity contribution in [1.82, 2.24) is 10.8 Å². The molecule has 0 radical (unpaired) electrons. The molecule has 1 rings (SSSR count). The van der Waals surface area contributed by atoms with Gasteiger partial charge in [-0.1, -0.05) is 24.0 Å². The average molecular weight is 388 g/mol. The Morgan fingerprint density at radius 1 is 1.26 bits per heavy atom. The summed E-state index contributed by atoms with van der Waals surface area (Å²) in [5.74, 6) is 4.50. The summed E-state index contributed by atoms with van der Waals surface area (Å²) in [5, 5.41) is 12.9. The second-order valence-electron chi connectivity index (χ2n) is 5.75. The van der Waals surface area contributed by atoms with Gasteiger partial charge >= 0.3 is 0 Å². The average Bonchev–Trinajstić information content (AvgIpc) is 2.66. The van der Waals surface area contributed by atoms with E-state index in [0.29, 0.717) is 5.56 Å². The molecule has 27 heavy (non-hydrogen) atoms. The third kappa shape index (κ3) is 8.92. The molecule has 0 aliphatic heterocycles. The fraction of sp³-hybridized carbons (Fsp3) is 0.200. The van der Waals surface area contributed by atoms with E-state index < -0.39 is 23.4 Å². The molecule has 1 aromatic carbocycles. The number of hydrogen-bond acceptors (Lipinski definition) is 5. The highest BCUT2D eigenvalue weighted by molar-refractivity contribution is 7.83. The van der Waals surface area contributed by atoms with Crippen LogP contribution in [0, 0.1) is 11.8 Å². The van der Waals surface area contributed by atoms with Crippen LogP contribution < -0.4 is 16.5 Å². The zero-order valence-corrected chi connectivity index (χ0v) is 16.3. The molecule has 0 aliphatic carbocycles. The largest absolute Gasteiger partial charge is 0.338 e. The van der Waals surface area contributed by atoms with E-state index in [9.17, 15) is 9.59 Å². The van der Waals surface area contributed by atoms with E-state index >= 15 is 0 Å². The number of allylic oxidation sites excluding steroid dienone is 3. The van der Waals surface area contributed by atoms with Crippen LogP contribution in [0.25, 0.3) is 0 Å². The Balaban J connectivity index is 0.00000326. The first kappa shape index (κ1) is 24.2. The lowest BCUT2D eigenvalue weighted by Gasteiger charge is -2.29. The number of benzene rings is 1. The Morgan fingerprint density at radius 2 is 1.85 bits per heavy atom. The first-order valence-electron chi connectivity index (χ1n) is 7.90. The maximum absolute atomic E-state index is 12.3. The lowest BCUT2D eigenvalue weighted by Crippen LogP contribution is -2.61. The predicted octanol–water partition coefficient (Wildman–Crippen LogP) is 2.18. The lowest BCUT2D eigenvalue weighted by atomic mass is 9.95. The van der Waals surface area contributed by atoms with Gasteiger partial charge in [0.1, 0.15) is 6.04 Å². The summed E-state index contributed by atoms with van der Waals surface area (Å²) in [5.41, 5.74) is 7.41. The summed E-state index contributed by atoms with van der Waals surface area (Å²) < 4.78 is 0. The maximum Gasteiger partial charge on any atom is 0.267 e. The van der Waals surface area contributed by atoms with Crippen molar-refractivity contribution in [2.45, 2.75) is 25.4 Å². The quantitative estimate of drug-likeness (QED) is 0.133. The number of hydroxylamine groups is 1. The molecule has 0 aliphatic rings. The topological polar surface area (TPSA) is 104 Å². The molecule has 0 saturated carbocycles. The monoisotopic (exact) mass is 387 g/mol. The molecule has 144 valence electrons. The molecule has 2 amide bonds. The normalized spacial score (nSPS) is 11.7. The number of carbonyl (C=O) groups is 2. The van der Waals surface area contributed by atoms with Crippen molar-refractivity contribution in [1.29, 1.82) is 0 Å². The highest BCUT2D eigenvalue weighted by atomic mass is 32.1. The summed E-state index contributed by atoms with van der Waals surface area (Å²) in [4.78, 5) is 24.0. The minimum absolute atomic E-state index is 0.346. The Bertz CT molecular complexity index is 738. The fourth-order valence-electron chi connectivity index (χ4n) is 1.85. The number of rotatable bonds is 5. The Labute approximate surface area is 165 Å². The smallest absolute Gasteiger partial charge is 0.267 e. The van der Waals surface area contributed by atoms with Crippen molar-refractivity contribution in [3.8, 4) is 11.8 Å². The number of amides is 2. The SMILES string of the molecule is C=C.CC(C)(N)[C@H](NC(=O)c1ccc(C#C/C=C/C=C\S)cc1)C(=O)NO. The van der Waals surface area contributed by atoms with Gasteiger partial charge < -0.3 is 11.1 Å². The number of hydrogen-bond donors (Lipinski definition) is 5. The van der Waals surface area contributed by atoms with Crippen molar-refractivity contribution in [3.05, 3.63) is 72.2 Å². The summed E-state index contributed by atoms with van der Waals surface area (Å²) in [6, 6.07) is 5.48. The van der Waals surface area contributed by atoms with Gasteiger partial charge in [0, 0.05) is 16.7 Å². The molecule has 0 heterocycles. The number of nitrogens with one attached hydrogen (secondary N) is 2. The minimum atomic E-state index is -1.09. The second kappa shape index (κ2) is 12.5.